The molecule has 168 valence electrons. The number of sulfonamides is 1. The minimum atomic E-state index is -3.75. The molecule has 0 aromatic heterocycles. The molecule has 0 spiro atoms. The number of carbonyl (C=O) groups excluding carboxylic acids is 2. The zero-order valence-corrected chi connectivity index (χ0v) is 18.6. The van der Waals surface area contributed by atoms with E-state index in [9.17, 15) is 18.0 Å². The molecule has 9 nitrogen and oxygen atoms in total. The number of anilines is 2. The van der Waals surface area contributed by atoms with Crippen LogP contribution in [-0.2, 0) is 19.6 Å². The van der Waals surface area contributed by atoms with Crippen molar-refractivity contribution < 1.29 is 27.5 Å². The number of nitrogens with zero attached hydrogens (tertiary/aromatic N) is 1. The second kappa shape index (κ2) is 11.3. The Morgan fingerprint density at radius 1 is 1.06 bits per heavy atom. The van der Waals surface area contributed by atoms with Crippen molar-refractivity contribution >= 4 is 33.2 Å². The van der Waals surface area contributed by atoms with Crippen LogP contribution in [0, 0.1) is 0 Å². The summed E-state index contributed by atoms with van der Waals surface area (Å²) in [6, 6.07) is 12.9. The smallest absolute Gasteiger partial charge is 0.253 e. The third-order valence-electron chi connectivity index (χ3n) is 4.29. The average molecular weight is 450 g/mol. The lowest BCUT2D eigenvalue weighted by Gasteiger charge is -2.22. The van der Waals surface area contributed by atoms with Crippen LogP contribution < -0.4 is 19.7 Å². The second-order valence-corrected chi connectivity index (χ2v) is 8.57. The van der Waals surface area contributed by atoms with Gasteiger partial charge in [0.1, 0.15) is 12.3 Å². The molecule has 0 bridgehead atoms. The van der Waals surface area contributed by atoms with E-state index in [1.807, 2.05) is 0 Å². The van der Waals surface area contributed by atoms with Crippen LogP contribution in [0.15, 0.2) is 48.5 Å². The molecular weight excluding hydrogens is 422 g/mol. The van der Waals surface area contributed by atoms with E-state index in [0.717, 1.165) is 10.6 Å². The summed E-state index contributed by atoms with van der Waals surface area (Å²) in [5, 5.41) is 5.39. The first-order valence-corrected chi connectivity index (χ1v) is 11.4. The van der Waals surface area contributed by atoms with E-state index >= 15 is 0 Å². The fourth-order valence-electron chi connectivity index (χ4n) is 2.79. The SMILES string of the molecule is COCCCNC(=O)c1ccccc1NC(=O)CN(c1cccc(OC)c1)S(C)(=O)=O. The van der Waals surface area contributed by atoms with Crippen molar-refractivity contribution in [3.8, 4) is 5.75 Å². The van der Waals surface area contributed by atoms with E-state index in [2.05, 4.69) is 10.6 Å². The van der Waals surface area contributed by atoms with Crippen LogP contribution in [0.4, 0.5) is 11.4 Å². The molecule has 0 aliphatic heterocycles. The quantitative estimate of drug-likeness (QED) is 0.506. The number of ether oxygens (including phenoxy) is 2. The van der Waals surface area contributed by atoms with Gasteiger partial charge < -0.3 is 20.1 Å². The van der Waals surface area contributed by atoms with E-state index in [4.69, 9.17) is 9.47 Å². The molecule has 0 saturated heterocycles. The Hall–Kier alpha value is -3.11. The van der Waals surface area contributed by atoms with Crippen molar-refractivity contribution in [2.75, 3.05) is 49.8 Å². The fraction of sp³-hybridized carbons (Fsp3) is 0.333. The summed E-state index contributed by atoms with van der Waals surface area (Å²) in [7, 11) is -0.701. The van der Waals surface area contributed by atoms with Gasteiger partial charge in [-0.05, 0) is 30.7 Å². The van der Waals surface area contributed by atoms with Crippen LogP contribution >= 0.6 is 0 Å². The molecule has 2 rings (SSSR count). The molecule has 31 heavy (non-hydrogen) atoms. The first-order valence-electron chi connectivity index (χ1n) is 9.54. The van der Waals surface area contributed by atoms with Crippen molar-refractivity contribution in [2.45, 2.75) is 6.42 Å². The van der Waals surface area contributed by atoms with Crippen LogP contribution in [-0.4, -0.2) is 60.4 Å². The summed E-state index contributed by atoms with van der Waals surface area (Å²) in [6.07, 6.45) is 1.67. The summed E-state index contributed by atoms with van der Waals surface area (Å²) in [4.78, 5) is 25.1. The van der Waals surface area contributed by atoms with Gasteiger partial charge in [0.05, 0.1) is 30.3 Å². The standard InChI is InChI=1S/C21H27N3O6S/c1-29-13-7-12-22-21(26)18-10-4-5-11-19(18)23-20(25)15-24(31(3,27)28)16-8-6-9-17(14-16)30-2/h4-6,8-11,14H,7,12-13,15H2,1-3H3,(H,22,26)(H,23,25). The number of nitrogens with one attached hydrogen (secondary N) is 2. The molecule has 2 aromatic carbocycles. The first kappa shape index (κ1) is 24.2. The Morgan fingerprint density at radius 2 is 1.81 bits per heavy atom. The van der Waals surface area contributed by atoms with Crippen LogP contribution in [0.2, 0.25) is 0 Å². The number of hydrogen-bond acceptors (Lipinski definition) is 6. The minimum absolute atomic E-state index is 0.278. The number of methoxy groups -OCH3 is 2. The van der Waals surface area contributed by atoms with Crippen molar-refractivity contribution in [3.05, 3.63) is 54.1 Å². The molecule has 10 heteroatoms. The highest BCUT2D eigenvalue weighted by molar-refractivity contribution is 7.92. The predicted molar refractivity (Wildman–Crippen MR) is 119 cm³/mol. The van der Waals surface area contributed by atoms with Crippen LogP contribution in [0.1, 0.15) is 16.8 Å². The summed E-state index contributed by atoms with van der Waals surface area (Å²) < 4.78 is 35.6. The van der Waals surface area contributed by atoms with Gasteiger partial charge in [0.25, 0.3) is 5.91 Å². The molecule has 0 aliphatic rings. The highest BCUT2D eigenvalue weighted by Gasteiger charge is 2.22. The van der Waals surface area contributed by atoms with E-state index in [-0.39, 0.29) is 17.2 Å². The zero-order chi connectivity index (χ0) is 22.9. The minimum Gasteiger partial charge on any atom is -0.497 e. The van der Waals surface area contributed by atoms with Gasteiger partial charge in [-0.15, -0.1) is 0 Å². The van der Waals surface area contributed by atoms with Gasteiger partial charge in [-0.25, -0.2) is 8.42 Å². The molecule has 0 radical (unpaired) electrons. The maximum absolute atomic E-state index is 12.7. The number of hydrogen-bond donors (Lipinski definition) is 2. The number of amides is 2. The van der Waals surface area contributed by atoms with E-state index in [1.54, 1.807) is 49.6 Å². The van der Waals surface area contributed by atoms with Crippen LogP contribution in [0.3, 0.4) is 0 Å². The summed E-state index contributed by atoms with van der Waals surface area (Å²) in [5.74, 6) is -0.477. The van der Waals surface area contributed by atoms with E-state index in [1.165, 1.54) is 13.2 Å². The Morgan fingerprint density at radius 3 is 2.48 bits per heavy atom. The van der Waals surface area contributed by atoms with Crippen LogP contribution in [0.5, 0.6) is 5.75 Å². The van der Waals surface area contributed by atoms with Crippen molar-refractivity contribution in [3.63, 3.8) is 0 Å². The number of carbonyl (C=O) groups is 2. The van der Waals surface area contributed by atoms with Crippen molar-refractivity contribution in [1.29, 1.82) is 0 Å². The Balaban J connectivity index is 2.15. The largest absolute Gasteiger partial charge is 0.497 e. The normalized spacial score (nSPS) is 10.9. The number of benzene rings is 2. The molecule has 0 unspecified atom stereocenters. The van der Waals surface area contributed by atoms with Crippen LogP contribution in [0.25, 0.3) is 0 Å². The molecule has 0 fully saturated rings. The molecule has 2 aromatic rings. The average Bonchev–Trinajstić information content (AvgIpc) is 2.74. The maximum Gasteiger partial charge on any atom is 0.253 e. The highest BCUT2D eigenvalue weighted by atomic mass is 32.2. The lowest BCUT2D eigenvalue weighted by molar-refractivity contribution is -0.114. The van der Waals surface area contributed by atoms with Gasteiger partial charge in [-0.3, -0.25) is 13.9 Å². The third-order valence-corrected chi connectivity index (χ3v) is 5.43. The Kier molecular flexibility index (Phi) is 8.83. The number of para-hydroxylation sites is 1. The van der Waals surface area contributed by atoms with Gasteiger partial charge >= 0.3 is 0 Å². The molecule has 2 amide bonds. The molecule has 2 N–H and O–H groups in total. The molecule has 0 heterocycles. The fourth-order valence-corrected chi connectivity index (χ4v) is 3.64. The lowest BCUT2D eigenvalue weighted by atomic mass is 10.1. The number of rotatable bonds is 11. The van der Waals surface area contributed by atoms with E-state index < -0.39 is 22.5 Å². The topological polar surface area (TPSA) is 114 Å². The lowest BCUT2D eigenvalue weighted by Crippen LogP contribution is -2.37. The van der Waals surface area contributed by atoms with Crippen molar-refractivity contribution in [2.24, 2.45) is 0 Å². The summed E-state index contributed by atoms with van der Waals surface area (Å²) in [6.45, 7) is 0.479. The molecular formula is C21H27N3O6S. The summed E-state index contributed by atoms with van der Waals surface area (Å²) >= 11 is 0. The van der Waals surface area contributed by atoms with Gasteiger partial charge in [0, 0.05) is 26.3 Å². The second-order valence-electron chi connectivity index (χ2n) is 6.67. The molecule has 0 aliphatic carbocycles. The summed E-state index contributed by atoms with van der Waals surface area (Å²) in [5.41, 5.74) is 0.859. The highest BCUT2D eigenvalue weighted by Crippen LogP contribution is 2.23. The van der Waals surface area contributed by atoms with E-state index in [0.29, 0.717) is 31.0 Å². The van der Waals surface area contributed by atoms with Gasteiger partial charge in [-0.2, -0.15) is 0 Å². The van der Waals surface area contributed by atoms with Gasteiger partial charge in [0.2, 0.25) is 15.9 Å². The first-order chi connectivity index (χ1) is 14.8. The third kappa shape index (κ3) is 7.26. The zero-order valence-electron chi connectivity index (χ0n) is 17.8. The molecule has 0 atom stereocenters. The Labute approximate surface area is 182 Å². The van der Waals surface area contributed by atoms with Gasteiger partial charge in [0.15, 0.2) is 0 Å². The maximum atomic E-state index is 12.7. The monoisotopic (exact) mass is 449 g/mol. The molecule has 0 saturated carbocycles. The predicted octanol–water partition coefficient (Wildman–Crippen LogP) is 1.87. The van der Waals surface area contributed by atoms with Crippen molar-refractivity contribution in [1.82, 2.24) is 5.32 Å². The van der Waals surface area contributed by atoms with Gasteiger partial charge in [-0.1, -0.05) is 18.2 Å². The Bertz CT molecular complexity index is 1010.